The Bertz CT molecular complexity index is 441. The summed E-state index contributed by atoms with van der Waals surface area (Å²) in [4.78, 5) is 26.1. The summed E-state index contributed by atoms with van der Waals surface area (Å²) in [5.41, 5.74) is -1.88. The summed E-state index contributed by atoms with van der Waals surface area (Å²) in [5.74, 6) is -0.436. The van der Waals surface area contributed by atoms with Crippen LogP contribution in [0.2, 0.25) is 0 Å². The van der Waals surface area contributed by atoms with E-state index in [9.17, 15) is 14.7 Å². The Balaban J connectivity index is 2.51. The molecule has 0 aliphatic heterocycles. The topological polar surface area (TPSA) is 104 Å². The molecule has 0 aliphatic rings. The van der Waals surface area contributed by atoms with Gasteiger partial charge in [-0.15, -0.1) is 0 Å². The van der Waals surface area contributed by atoms with Crippen molar-refractivity contribution in [2.24, 2.45) is 0 Å². The summed E-state index contributed by atoms with van der Waals surface area (Å²) in [7, 11) is 0. The first-order chi connectivity index (χ1) is 7.94. The van der Waals surface area contributed by atoms with Crippen molar-refractivity contribution in [2.75, 3.05) is 13.2 Å². The van der Waals surface area contributed by atoms with E-state index in [1.54, 1.807) is 6.07 Å². The monoisotopic (exact) mass is 241 g/mol. The van der Waals surface area contributed by atoms with Gasteiger partial charge in [-0.1, -0.05) is 0 Å². The second-order valence-corrected chi connectivity index (χ2v) is 3.96. The van der Waals surface area contributed by atoms with Crippen LogP contribution in [0, 0.1) is 0 Å². The van der Waals surface area contributed by atoms with Crippen molar-refractivity contribution in [3.05, 3.63) is 28.9 Å². The largest absolute Gasteiger partial charge is 0.393 e. The number of aromatic nitrogens is 2. The van der Waals surface area contributed by atoms with Crippen LogP contribution in [0.25, 0.3) is 0 Å². The van der Waals surface area contributed by atoms with Gasteiger partial charge in [0.25, 0.3) is 0 Å². The number of nitrogens with one attached hydrogen (secondary N) is 1. The Morgan fingerprint density at radius 1 is 1.65 bits per heavy atom. The van der Waals surface area contributed by atoms with Crippen molar-refractivity contribution in [1.82, 2.24) is 14.9 Å². The zero-order valence-corrected chi connectivity index (χ0v) is 9.46. The first kappa shape index (κ1) is 13.3. The molecule has 1 aromatic rings. The molecule has 7 nitrogen and oxygen atoms in total. The average Bonchev–Trinajstić information content (AvgIpc) is 2.30. The molecule has 0 radical (unpaired) electrons. The van der Waals surface area contributed by atoms with E-state index in [0.29, 0.717) is 0 Å². The molecule has 17 heavy (non-hydrogen) atoms. The normalized spacial score (nSPS) is 14.1. The molecule has 94 valence electrons. The summed E-state index contributed by atoms with van der Waals surface area (Å²) in [5, 5.41) is 20.6. The van der Waals surface area contributed by atoms with Crippen molar-refractivity contribution in [3.8, 4) is 0 Å². The number of hydrogen-bond donors (Lipinski definition) is 3. The Kier molecular flexibility index (Phi) is 4.36. The minimum Gasteiger partial charge on any atom is -0.393 e. The molecule has 0 aromatic carbocycles. The lowest BCUT2D eigenvalue weighted by Crippen LogP contribution is -2.44. The summed E-state index contributed by atoms with van der Waals surface area (Å²) < 4.78 is 1.14. The van der Waals surface area contributed by atoms with Crippen LogP contribution in [0.5, 0.6) is 0 Å². The van der Waals surface area contributed by atoms with Gasteiger partial charge in [0.15, 0.2) is 0 Å². The fourth-order valence-electron chi connectivity index (χ4n) is 1.06. The van der Waals surface area contributed by atoms with Gasteiger partial charge in [0.2, 0.25) is 5.91 Å². The van der Waals surface area contributed by atoms with Crippen LogP contribution in [0.15, 0.2) is 23.3 Å². The van der Waals surface area contributed by atoms with Gasteiger partial charge < -0.3 is 15.5 Å². The molecule has 1 unspecified atom stereocenters. The highest BCUT2D eigenvalue weighted by atomic mass is 16.3. The second-order valence-electron chi connectivity index (χ2n) is 3.96. The van der Waals surface area contributed by atoms with Crippen molar-refractivity contribution < 1.29 is 15.0 Å². The van der Waals surface area contributed by atoms with Gasteiger partial charge in [0, 0.05) is 18.9 Å². The molecule has 0 saturated carbocycles. The zero-order valence-electron chi connectivity index (χ0n) is 9.46. The van der Waals surface area contributed by atoms with Crippen LogP contribution >= 0.6 is 0 Å². The number of amides is 1. The average molecular weight is 241 g/mol. The summed E-state index contributed by atoms with van der Waals surface area (Å²) in [6, 6.07) is 1.54. The molecule has 0 spiro atoms. The molecule has 3 N–H and O–H groups in total. The van der Waals surface area contributed by atoms with Gasteiger partial charge in [-0.05, 0) is 13.0 Å². The molecular weight excluding hydrogens is 226 g/mol. The third-order valence-electron chi connectivity index (χ3n) is 2.10. The minimum absolute atomic E-state index is 0.0860. The van der Waals surface area contributed by atoms with Gasteiger partial charge in [0.1, 0.15) is 12.1 Å². The fraction of sp³-hybridized carbons (Fsp3) is 0.500. The Labute approximate surface area is 97.7 Å². The maximum Gasteiger partial charge on any atom is 0.347 e. The van der Waals surface area contributed by atoms with Gasteiger partial charge in [-0.2, -0.15) is 0 Å². The van der Waals surface area contributed by atoms with E-state index in [1.165, 1.54) is 19.3 Å². The number of nitrogens with zero attached hydrogens (tertiary/aromatic N) is 2. The van der Waals surface area contributed by atoms with Crippen LogP contribution in [-0.4, -0.2) is 44.4 Å². The van der Waals surface area contributed by atoms with Crippen LogP contribution in [-0.2, 0) is 11.3 Å². The van der Waals surface area contributed by atoms with Crippen molar-refractivity contribution in [3.63, 3.8) is 0 Å². The van der Waals surface area contributed by atoms with Crippen LogP contribution in [0.3, 0.4) is 0 Å². The molecule has 0 bridgehead atoms. The smallest absolute Gasteiger partial charge is 0.347 e. The second kappa shape index (κ2) is 5.55. The van der Waals surface area contributed by atoms with Crippen molar-refractivity contribution in [2.45, 2.75) is 19.1 Å². The fourth-order valence-corrected chi connectivity index (χ4v) is 1.06. The number of carbonyl (C=O) groups is 1. The van der Waals surface area contributed by atoms with Crippen molar-refractivity contribution >= 4 is 5.91 Å². The third kappa shape index (κ3) is 4.33. The SMILES string of the molecule is CC(O)(CO)CNC(=O)Cn1cccnc1=O. The first-order valence-electron chi connectivity index (χ1n) is 5.06. The van der Waals surface area contributed by atoms with Gasteiger partial charge in [-0.3, -0.25) is 9.36 Å². The van der Waals surface area contributed by atoms with E-state index in [0.717, 1.165) is 4.57 Å². The number of carbonyl (C=O) groups excluding carboxylic acids is 1. The van der Waals surface area contributed by atoms with E-state index in [1.807, 2.05) is 0 Å². The lowest BCUT2D eigenvalue weighted by molar-refractivity contribution is -0.123. The Hall–Kier alpha value is -1.73. The highest BCUT2D eigenvalue weighted by Gasteiger charge is 2.19. The van der Waals surface area contributed by atoms with E-state index in [-0.39, 0.29) is 13.1 Å². The standard InChI is InChI=1S/C10H15N3O4/c1-10(17,7-14)6-12-8(15)5-13-4-2-3-11-9(13)16/h2-4,14,17H,5-7H2,1H3,(H,12,15). The molecule has 0 fully saturated rings. The maximum absolute atomic E-state index is 11.4. The highest BCUT2D eigenvalue weighted by Crippen LogP contribution is 1.98. The number of aliphatic hydroxyl groups excluding tert-OH is 1. The van der Waals surface area contributed by atoms with E-state index in [2.05, 4.69) is 10.3 Å². The minimum atomic E-state index is -1.37. The lowest BCUT2D eigenvalue weighted by Gasteiger charge is -2.20. The quantitative estimate of drug-likeness (QED) is 0.558. The van der Waals surface area contributed by atoms with E-state index in [4.69, 9.17) is 5.11 Å². The van der Waals surface area contributed by atoms with Gasteiger partial charge >= 0.3 is 5.69 Å². The molecule has 1 atom stereocenters. The van der Waals surface area contributed by atoms with Crippen LogP contribution in [0.1, 0.15) is 6.92 Å². The molecular formula is C10H15N3O4. The number of rotatable bonds is 5. The number of hydrogen-bond acceptors (Lipinski definition) is 5. The molecule has 1 heterocycles. The van der Waals surface area contributed by atoms with Crippen LogP contribution in [0.4, 0.5) is 0 Å². The molecule has 7 heteroatoms. The first-order valence-corrected chi connectivity index (χ1v) is 5.06. The molecule has 1 aromatic heterocycles. The van der Waals surface area contributed by atoms with Gasteiger partial charge in [-0.25, -0.2) is 9.78 Å². The molecule has 0 saturated heterocycles. The summed E-state index contributed by atoms with van der Waals surface area (Å²) >= 11 is 0. The molecule has 1 amide bonds. The van der Waals surface area contributed by atoms with Crippen molar-refractivity contribution in [1.29, 1.82) is 0 Å². The predicted octanol–water partition coefficient (Wildman–Crippen LogP) is -1.90. The Morgan fingerprint density at radius 3 is 2.94 bits per heavy atom. The maximum atomic E-state index is 11.4. The lowest BCUT2D eigenvalue weighted by atomic mass is 10.1. The predicted molar refractivity (Wildman–Crippen MR) is 59.2 cm³/mol. The molecule has 0 aliphatic carbocycles. The molecule has 1 rings (SSSR count). The Morgan fingerprint density at radius 2 is 2.35 bits per heavy atom. The van der Waals surface area contributed by atoms with Crippen LogP contribution < -0.4 is 11.0 Å². The zero-order chi connectivity index (χ0) is 12.9. The third-order valence-corrected chi connectivity index (χ3v) is 2.10. The summed E-state index contributed by atoms with van der Waals surface area (Å²) in [6.45, 7) is 0.676. The highest BCUT2D eigenvalue weighted by molar-refractivity contribution is 5.75. The van der Waals surface area contributed by atoms with E-state index >= 15 is 0 Å². The number of aliphatic hydroxyl groups is 2. The van der Waals surface area contributed by atoms with E-state index < -0.39 is 23.8 Å². The summed E-state index contributed by atoms with van der Waals surface area (Å²) in [6.07, 6.45) is 2.78. The van der Waals surface area contributed by atoms with Gasteiger partial charge in [0.05, 0.1) is 6.61 Å².